The van der Waals surface area contributed by atoms with E-state index in [2.05, 4.69) is 52.6 Å². The summed E-state index contributed by atoms with van der Waals surface area (Å²) in [7, 11) is 0. The van der Waals surface area contributed by atoms with E-state index in [4.69, 9.17) is 23.2 Å². The second-order valence-electron chi connectivity index (χ2n) is 6.90. The summed E-state index contributed by atoms with van der Waals surface area (Å²) in [6.07, 6.45) is 1.78. The van der Waals surface area contributed by atoms with Crippen LogP contribution in [0.3, 0.4) is 0 Å². The Morgan fingerprint density at radius 2 is 1.56 bits per heavy atom. The molecule has 138 valence electrons. The molecule has 1 fully saturated rings. The van der Waals surface area contributed by atoms with Crippen LogP contribution < -0.4 is 4.90 Å². The monoisotopic (exact) mass is 398 g/mol. The van der Waals surface area contributed by atoms with Crippen LogP contribution in [0.1, 0.15) is 11.1 Å². The highest BCUT2D eigenvalue weighted by Crippen LogP contribution is 2.22. The smallest absolute Gasteiger partial charge is 0.104 e. The van der Waals surface area contributed by atoms with Crippen molar-refractivity contribution >= 4 is 40.2 Å². The summed E-state index contributed by atoms with van der Waals surface area (Å²) < 4.78 is 0. The van der Waals surface area contributed by atoms with Crippen LogP contribution in [0.4, 0.5) is 0 Å². The van der Waals surface area contributed by atoms with Gasteiger partial charge >= 0.3 is 0 Å². The lowest BCUT2D eigenvalue weighted by atomic mass is 10.0. The van der Waals surface area contributed by atoms with Crippen LogP contribution in [0.5, 0.6) is 0 Å². The summed E-state index contributed by atoms with van der Waals surface area (Å²) in [5.74, 6) is 0. The topological polar surface area (TPSA) is 20.0 Å². The van der Waals surface area contributed by atoms with Crippen molar-refractivity contribution in [3.05, 3.63) is 81.8 Å². The Morgan fingerprint density at radius 1 is 0.889 bits per heavy atom. The van der Waals surface area contributed by atoms with Crippen LogP contribution in [0.15, 0.2) is 65.8 Å². The van der Waals surface area contributed by atoms with Crippen LogP contribution in [0, 0.1) is 0 Å². The fourth-order valence-electron chi connectivity index (χ4n) is 3.59. The number of halogens is 2. The molecule has 3 nitrogen and oxygen atoms in total. The molecule has 3 aromatic rings. The fraction of sp³-hybridized carbons (Fsp3) is 0.227. The molecule has 0 saturated carbocycles. The van der Waals surface area contributed by atoms with E-state index in [0.29, 0.717) is 10.0 Å². The van der Waals surface area contributed by atoms with E-state index in [9.17, 15) is 0 Å². The highest BCUT2D eigenvalue weighted by molar-refractivity contribution is 6.38. The number of hydrogen-bond donors (Lipinski definition) is 1. The predicted octanol–water partition coefficient (Wildman–Crippen LogP) is 3.88. The van der Waals surface area contributed by atoms with Crippen LogP contribution in [-0.4, -0.2) is 37.4 Å². The van der Waals surface area contributed by atoms with Gasteiger partial charge in [0.2, 0.25) is 0 Å². The fourth-order valence-corrected chi connectivity index (χ4v) is 4.09. The van der Waals surface area contributed by atoms with E-state index in [1.54, 1.807) is 11.1 Å². The Labute approximate surface area is 169 Å². The SMILES string of the molecule is Clc1cccc(Cl)c1/C=N\N1CC[NH+](Cc2cccc3ccccc23)CC1. The molecule has 0 aliphatic carbocycles. The Kier molecular flexibility index (Phi) is 5.63. The molecule has 0 unspecified atom stereocenters. The van der Waals surface area contributed by atoms with Gasteiger partial charge in [-0.25, -0.2) is 0 Å². The summed E-state index contributed by atoms with van der Waals surface area (Å²) >= 11 is 12.4. The molecular formula is C22H22Cl2N3+. The minimum Gasteiger partial charge on any atom is -0.328 e. The maximum absolute atomic E-state index is 6.21. The summed E-state index contributed by atoms with van der Waals surface area (Å²) in [5.41, 5.74) is 2.20. The first-order valence-corrected chi connectivity index (χ1v) is 9.99. The molecule has 1 aliphatic rings. The number of quaternary nitrogens is 1. The molecule has 4 rings (SSSR count). The zero-order valence-corrected chi connectivity index (χ0v) is 16.5. The number of benzene rings is 3. The summed E-state index contributed by atoms with van der Waals surface area (Å²) in [6.45, 7) is 5.04. The van der Waals surface area contributed by atoms with Gasteiger partial charge in [-0.1, -0.05) is 71.7 Å². The number of hydrazone groups is 1. The molecule has 0 radical (unpaired) electrons. The van der Waals surface area contributed by atoms with Gasteiger partial charge in [-0.3, -0.25) is 5.01 Å². The number of piperazine rings is 1. The highest BCUT2D eigenvalue weighted by Gasteiger charge is 2.19. The Hall–Kier alpha value is -2.07. The van der Waals surface area contributed by atoms with Gasteiger partial charge < -0.3 is 4.90 Å². The first-order chi connectivity index (χ1) is 13.2. The molecule has 27 heavy (non-hydrogen) atoms. The van der Waals surface area contributed by atoms with Crippen LogP contribution in [-0.2, 0) is 6.54 Å². The van der Waals surface area contributed by atoms with E-state index in [0.717, 1.165) is 38.3 Å². The molecule has 0 bridgehead atoms. The molecule has 1 saturated heterocycles. The lowest BCUT2D eigenvalue weighted by Crippen LogP contribution is -3.13. The third kappa shape index (κ3) is 4.27. The van der Waals surface area contributed by atoms with Crippen molar-refractivity contribution in [2.75, 3.05) is 26.2 Å². The largest absolute Gasteiger partial charge is 0.328 e. The van der Waals surface area contributed by atoms with Crippen molar-refractivity contribution in [3.8, 4) is 0 Å². The highest BCUT2D eigenvalue weighted by atomic mass is 35.5. The molecule has 0 atom stereocenters. The first kappa shape index (κ1) is 18.3. The zero-order valence-electron chi connectivity index (χ0n) is 15.0. The van der Waals surface area contributed by atoms with E-state index in [1.807, 2.05) is 18.2 Å². The Bertz CT molecular complexity index is 937. The molecule has 0 aromatic heterocycles. The molecule has 0 amide bonds. The lowest BCUT2D eigenvalue weighted by molar-refractivity contribution is -0.918. The minimum absolute atomic E-state index is 0.631. The molecule has 1 aliphatic heterocycles. The van der Waals surface area contributed by atoms with Crippen molar-refractivity contribution in [3.63, 3.8) is 0 Å². The van der Waals surface area contributed by atoms with Crippen molar-refractivity contribution in [1.29, 1.82) is 0 Å². The lowest BCUT2D eigenvalue weighted by Gasteiger charge is -2.30. The van der Waals surface area contributed by atoms with E-state index in [1.165, 1.54) is 16.3 Å². The maximum atomic E-state index is 6.21. The second kappa shape index (κ2) is 8.30. The van der Waals surface area contributed by atoms with E-state index in [-0.39, 0.29) is 0 Å². The van der Waals surface area contributed by atoms with Crippen molar-refractivity contribution in [2.45, 2.75) is 6.54 Å². The molecule has 1 heterocycles. The average Bonchev–Trinajstić information content (AvgIpc) is 2.69. The molecular weight excluding hydrogens is 377 g/mol. The summed E-state index contributed by atoms with van der Waals surface area (Å²) in [4.78, 5) is 1.59. The summed E-state index contributed by atoms with van der Waals surface area (Å²) in [5, 5.41) is 10.6. The summed E-state index contributed by atoms with van der Waals surface area (Å²) in [6, 6.07) is 20.7. The normalized spacial score (nSPS) is 15.7. The van der Waals surface area contributed by atoms with Gasteiger partial charge in [0, 0.05) is 11.1 Å². The van der Waals surface area contributed by atoms with Crippen LogP contribution in [0.2, 0.25) is 10.0 Å². The van der Waals surface area contributed by atoms with Gasteiger partial charge in [0.15, 0.2) is 0 Å². The number of nitrogens with one attached hydrogen (secondary N) is 1. The second-order valence-corrected chi connectivity index (χ2v) is 7.71. The maximum Gasteiger partial charge on any atom is 0.104 e. The van der Waals surface area contributed by atoms with Gasteiger partial charge in [0.1, 0.15) is 6.54 Å². The van der Waals surface area contributed by atoms with Crippen molar-refractivity contribution in [1.82, 2.24) is 5.01 Å². The molecule has 0 spiro atoms. The third-order valence-corrected chi connectivity index (χ3v) is 5.78. The van der Waals surface area contributed by atoms with E-state index >= 15 is 0 Å². The number of rotatable bonds is 4. The van der Waals surface area contributed by atoms with Crippen molar-refractivity contribution in [2.24, 2.45) is 5.10 Å². The average molecular weight is 399 g/mol. The molecule has 1 N–H and O–H groups in total. The minimum atomic E-state index is 0.631. The molecule has 3 aromatic carbocycles. The van der Waals surface area contributed by atoms with Gasteiger partial charge in [0.25, 0.3) is 0 Å². The predicted molar refractivity (Wildman–Crippen MR) is 114 cm³/mol. The van der Waals surface area contributed by atoms with Crippen LogP contribution in [0.25, 0.3) is 10.8 Å². The standard InChI is InChI=1S/C22H21Cl2N3/c23-21-9-4-10-22(24)20(21)15-25-27-13-11-26(12-14-27)16-18-7-3-6-17-5-1-2-8-19(17)18/h1-10,15H,11-14,16H2/p+1/b25-15-. The number of hydrogen-bond acceptors (Lipinski definition) is 2. The van der Waals surface area contributed by atoms with Gasteiger partial charge in [-0.05, 0) is 22.9 Å². The van der Waals surface area contributed by atoms with Gasteiger partial charge in [-0.2, -0.15) is 5.10 Å². The zero-order chi connectivity index (χ0) is 18.6. The van der Waals surface area contributed by atoms with Crippen molar-refractivity contribution < 1.29 is 4.90 Å². The molecule has 5 heteroatoms. The van der Waals surface area contributed by atoms with Gasteiger partial charge in [-0.15, -0.1) is 0 Å². The van der Waals surface area contributed by atoms with Gasteiger partial charge in [0.05, 0.1) is 42.4 Å². The number of nitrogens with zero attached hydrogens (tertiary/aromatic N) is 2. The van der Waals surface area contributed by atoms with E-state index < -0.39 is 0 Å². The number of fused-ring (bicyclic) bond motifs is 1. The third-order valence-electron chi connectivity index (χ3n) is 5.12. The Balaban J connectivity index is 1.38. The van der Waals surface area contributed by atoms with Crippen LogP contribution >= 0.6 is 23.2 Å². The first-order valence-electron chi connectivity index (χ1n) is 9.24. The quantitative estimate of drug-likeness (QED) is 0.661. The Morgan fingerprint density at radius 3 is 2.33 bits per heavy atom.